The Morgan fingerprint density at radius 3 is 1.15 bits per heavy atom. The van der Waals surface area contributed by atoms with E-state index < -0.39 is 95.6 Å². The summed E-state index contributed by atoms with van der Waals surface area (Å²) in [5, 5.41) is 90.4. The second-order valence-electron chi connectivity index (χ2n) is 29.6. The summed E-state index contributed by atoms with van der Waals surface area (Å²) in [4.78, 5) is 167. The van der Waals surface area contributed by atoms with Crippen LogP contribution < -0.4 is 21.3 Å². The van der Waals surface area contributed by atoms with E-state index in [0.717, 1.165) is 32.1 Å². The van der Waals surface area contributed by atoms with Crippen molar-refractivity contribution in [2.45, 2.75) is 97.2 Å². The van der Waals surface area contributed by atoms with Gasteiger partial charge in [0.1, 0.15) is 6.10 Å². The SMILES string of the molecule is CC(CCC(=O)O)C1CCC2C3CCC4C[C@H](OC(=O)N5C[C@@H](C(=O)NCCNC(=O)CN6CCN(CC(=O)O)CCN(CC(=O)O)CCN(CC(=O)O)CC6)[C@H](C(=O)NCCNC(=O)CN6CCN(CC(=O)O)CCN(CC(=O)O)CCN(CC(=O)O)CC6)C5)CC[C@]4(C)C3C[C@H](O)[C@]12C. The van der Waals surface area contributed by atoms with Gasteiger partial charge in [-0.25, -0.2) is 4.79 Å². The molecule has 0 bridgehead atoms. The molecule has 12 atom stereocenters. The van der Waals surface area contributed by atoms with Crippen LogP contribution in [0.4, 0.5) is 4.79 Å². The van der Waals surface area contributed by atoms with Crippen molar-refractivity contribution in [2.24, 2.45) is 58.2 Å². The van der Waals surface area contributed by atoms with Gasteiger partial charge in [-0.05, 0) is 104 Å². The molecule has 12 N–H and O–H groups in total. The van der Waals surface area contributed by atoms with Crippen molar-refractivity contribution in [2.75, 3.05) is 196 Å². The van der Waals surface area contributed by atoms with Crippen molar-refractivity contribution in [1.82, 2.24) is 65.4 Å². The average molecular weight is 1430 g/mol. The molecule has 7 aliphatic rings. The molecule has 0 aromatic heterocycles. The zero-order chi connectivity index (χ0) is 73.7. The number of likely N-dealkylation sites (tertiary alicyclic amines) is 1. The number of rotatable bonds is 29. The van der Waals surface area contributed by atoms with Gasteiger partial charge < -0.3 is 71.8 Å². The molecule has 3 saturated heterocycles. The summed E-state index contributed by atoms with van der Waals surface area (Å²) in [6.07, 6.45) is 5.48. The largest absolute Gasteiger partial charge is 0.481 e. The average Bonchev–Trinajstić information content (AvgIpc) is 1.69. The molecule has 0 radical (unpaired) electrons. The number of nitrogens with zero attached hydrogens (tertiary/aromatic N) is 9. The first-order valence-corrected chi connectivity index (χ1v) is 35.9. The maximum absolute atomic E-state index is 14.4. The number of fused-ring (bicyclic) bond motifs is 5. The van der Waals surface area contributed by atoms with Crippen LogP contribution in [0.15, 0.2) is 0 Å². The molecule has 3 aliphatic heterocycles. The van der Waals surface area contributed by atoms with Crippen molar-refractivity contribution in [1.29, 1.82) is 0 Å². The first-order chi connectivity index (χ1) is 47.9. The molecule has 4 saturated carbocycles. The maximum atomic E-state index is 14.4. The fourth-order valence-electron chi connectivity index (χ4n) is 17.6. The summed E-state index contributed by atoms with van der Waals surface area (Å²) < 4.78 is 6.30. The minimum Gasteiger partial charge on any atom is -0.481 e. The molecular formula is C67H111N13O21. The molecule has 34 heteroatoms. The van der Waals surface area contributed by atoms with Gasteiger partial charge in [0.2, 0.25) is 23.6 Å². The number of carbonyl (C=O) groups is 12. The zero-order valence-electron chi connectivity index (χ0n) is 59.0. The number of carbonyl (C=O) groups excluding carboxylic acids is 5. The van der Waals surface area contributed by atoms with E-state index in [4.69, 9.17) is 4.74 Å². The van der Waals surface area contributed by atoms with Gasteiger partial charge in [-0.15, -0.1) is 0 Å². The predicted molar refractivity (Wildman–Crippen MR) is 361 cm³/mol. The Bertz CT molecular complexity index is 2690. The molecule has 4 aliphatic carbocycles. The number of nitrogens with one attached hydrogen (secondary N) is 4. The van der Waals surface area contributed by atoms with Gasteiger partial charge in [0, 0.05) is 150 Å². The molecule has 5 amide bonds. The van der Waals surface area contributed by atoms with Gasteiger partial charge in [-0.1, -0.05) is 20.8 Å². The van der Waals surface area contributed by atoms with Crippen molar-refractivity contribution < 1.29 is 103 Å². The molecule has 6 unspecified atom stereocenters. The second-order valence-corrected chi connectivity index (χ2v) is 29.6. The highest BCUT2D eigenvalue weighted by Crippen LogP contribution is 2.68. The number of aliphatic hydroxyl groups is 1. The Hall–Kier alpha value is -6.92. The summed E-state index contributed by atoms with van der Waals surface area (Å²) in [6, 6.07) is 0. The van der Waals surface area contributed by atoms with Crippen LogP contribution in [0.25, 0.3) is 0 Å². The van der Waals surface area contributed by atoms with Crippen LogP contribution in [0.5, 0.6) is 0 Å². The number of ether oxygens (including phenoxy) is 1. The fraction of sp³-hybridized carbons (Fsp3) is 0.821. The number of aliphatic hydroxyl groups excluding tert-OH is 1. The summed E-state index contributed by atoms with van der Waals surface area (Å²) in [7, 11) is 0. The first-order valence-electron chi connectivity index (χ1n) is 35.9. The lowest BCUT2D eigenvalue weighted by Gasteiger charge is -2.62. The summed E-state index contributed by atoms with van der Waals surface area (Å²) in [6.45, 7) is 6.75. The van der Waals surface area contributed by atoms with E-state index in [0.29, 0.717) is 37.5 Å². The van der Waals surface area contributed by atoms with Crippen LogP contribution in [-0.2, 0) is 57.5 Å². The molecule has 34 nitrogen and oxygen atoms in total. The molecule has 101 heavy (non-hydrogen) atoms. The van der Waals surface area contributed by atoms with Crippen molar-refractivity contribution in [3.8, 4) is 0 Å². The Morgan fingerprint density at radius 1 is 0.436 bits per heavy atom. The monoisotopic (exact) mass is 1430 g/mol. The summed E-state index contributed by atoms with van der Waals surface area (Å²) in [5.74, 6) is -10.1. The Labute approximate surface area is 589 Å². The second kappa shape index (κ2) is 38.6. The quantitative estimate of drug-likeness (QED) is 0.0347. The van der Waals surface area contributed by atoms with E-state index in [1.54, 1.807) is 39.2 Å². The van der Waals surface area contributed by atoms with E-state index >= 15 is 0 Å². The number of aliphatic carboxylic acids is 7. The highest BCUT2D eigenvalue weighted by Gasteiger charge is 2.64. The van der Waals surface area contributed by atoms with E-state index in [1.165, 1.54) is 4.90 Å². The van der Waals surface area contributed by atoms with Gasteiger partial charge in [-0.3, -0.25) is 91.9 Å². The number of hydrogen-bond acceptors (Lipinski definition) is 22. The summed E-state index contributed by atoms with van der Waals surface area (Å²) >= 11 is 0. The van der Waals surface area contributed by atoms with Crippen LogP contribution in [-0.4, -0.2) is 365 Å². The van der Waals surface area contributed by atoms with Gasteiger partial charge >= 0.3 is 47.9 Å². The number of carboxylic acids is 7. The molecule has 0 aromatic carbocycles. The van der Waals surface area contributed by atoms with Gasteiger partial charge in [0.25, 0.3) is 0 Å². The lowest BCUT2D eigenvalue weighted by molar-refractivity contribution is -0.175. The zero-order valence-corrected chi connectivity index (χ0v) is 59.0. The number of hydrogen-bond donors (Lipinski definition) is 12. The molecule has 0 aromatic rings. The normalized spacial score (nSPS) is 29.5. The lowest BCUT2D eigenvalue weighted by atomic mass is 9.43. The van der Waals surface area contributed by atoms with Gasteiger partial charge in [-0.2, -0.15) is 0 Å². The predicted octanol–water partition coefficient (Wildman–Crippen LogP) is -2.41. The van der Waals surface area contributed by atoms with Crippen molar-refractivity contribution in [3.63, 3.8) is 0 Å². The van der Waals surface area contributed by atoms with Gasteiger partial charge in [0.15, 0.2) is 0 Å². The molecule has 7 rings (SSSR count). The Morgan fingerprint density at radius 2 is 0.792 bits per heavy atom. The molecule has 570 valence electrons. The van der Waals surface area contributed by atoms with E-state index in [9.17, 15) is 98.4 Å². The minimum atomic E-state index is -1.10. The van der Waals surface area contributed by atoms with E-state index in [-0.39, 0.29) is 237 Å². The Balaban J connectivity index is 0.974. The van der Waals surface area contributed by atoms with Crippen LogP contribution in [0.1, 0.15) is 85.0 Å². The topological polar surface area (TPSA) is 453 Å². The van der Waals surface area contributed by atoms with E-state index in [2.05, 4.69) is 42.0 Å². The van der Waals surface area contributed by atoms with Crippen molar-refractivity contribution in [3.05, 3.63) is 0 Å². The van der Waals surface area contributed by atoms with Gasteiger partial charge in [0.05, 0.1) is 70.3 Å². The number of carboxylic acid groups (broad SMARTS) is 7. The Kier molecular flexibility index (Phi) is 31.1. The van der Waals surface area contributed by atoms with Crippen LogP contribution in [0, 0.1) is 58.2 Å². The third kappa shape index (κ3) is 24.3. The summed E-state index contributed by atoms with van der Waals surface area (Å²) in [5.41, 5.74) is -0.422. The highest BCUT2D eigenvalue weighted by molar-refractivity contribution is 5.90. The first kappa shape index (κ1) is 81.4. The fourth-order valence-corrected chi connectivity index (χ4v) is 17.6. The van der Waals surface area contributed by atoms with Crippen LogP contribution >= 0.6 is 0 Å². The molecule has 7 fully saturated rings. The van der Waals surface area contributed by atoms with Crippen LogP contribution in [0.3, 0.4) is 0 Å². The highest BCUT2D eigenvalue weighted by atomic mass is 16.6. The standard InChI is InChI=1S/C67H111N13O21/c1-44(4-9-56(84)85)50-7-8-51-47-6-5-45-32-46(10-11-66(45,2)52(47)33-53(81)67(50,51)3)101-65(100)80-34-48(63(98)70-14-12-68-54(82)36-72-16-20-74(38-57(86)87)24-28-78(42-61(94)95)29-25-75(21-17-72)39-58(88)89)49(35-80)64(99)71-15-13-69-55(83)37-73-18-22-76(40-59(90)91)26-30-79(43-62(96)97)31-27-77(23-19-73)41-60(92)93/h44-53,81H,4-43H2,1-3H3,(H,68,82)(H,69,83)(H,70,98)(H,71,99)(H,84,85)(H,86,87)(H,88,89)(H,90,91)(H,92,93)(H,94,95)(H,96,97)/t44?,45?,46-,47?,48-,49-,50?,51?,52?,53+,66+,67-/m1/s1. The maximum Gasteiger partial charge on any atom is 0.410 e. The molecule has 3 heterocycles. The van der Waals surface area contributed by atoms with Crippen LogP contribution in [0.2, 0.25) is 0 Å². The number of amides is 5. The third-order valence-electron chi connectivity index (χ3n) is 23.1. The molecule has 0 spiro atoms. The minimum absolute atomic E-state index is 0.0638. The lowest BCUT2D eigenvalue weighted by Crippen LogP contribution is -2.59. The van der Waals surface area contributed by atoms with E-state index in [1.807, 2.05) is 0 Å². The smallest absolute Gasteiger partial charge is 0.410 e. The molecular weight excluding hydrogens is 1320 g/mol. The third-order valence-corrected chi connectivity index (χ3v) is 23.1. The van der Waals surface area contributed by atoms with Crippen molar-refractivity contribution >= 4 is 71.5 Å².